The summed E-state index contributed by atoms with van der Waals surface area (Å²) in [5.41, 5.74) is 0. The summed E-state index contributed by atoms with van der Waals surface area (Å²) in [7, 11) is -9.21. The van der Waals surface area contributed by atoms with E-state index in [2.05, 4.69) is 0 Å². The second-order valence-electron chi connectivity index (χ2n) is 3.54. The van der Waals surface area contributed by atoms with Crippen LogP contribution in [0.3, 0.4) is 0 Å². The molecule has 0 saturated heterocycles. The molecule has 0 radical (unpaired) electrons. The molecule has 2 aromatic rings. The molecule has 2 rings (SSSR count). The van der Waals surface area contributed by atoms with E-state index in [1.54, 1.807) is 0 Å². The van der Waals surface area contributed by atoms with E-state index < -0.39 is 30.0 Å². The standard InChI is InChI=1S/C10H8O6S2.Na/c11-17(12,13)9-5-1-3-7-8(9)4-2-6-10(7)18(14,15)16;/h1-6H,(H,11,12,13)(H,14,15,16);/q;+1/p-1. The maximum absolute atomic E-state index is 11.1. The van der Waals surface area contributed by atoms with Crippen molar-refractivity contribution in [2.24, 2.45) is 0 Å². The molecule has 9 heteroatoms. The zero-order valence-electron chi connectivity index (χ0n) is 9.77. The van der Waals surface area contributed by atoms with Crippen molar-refractivity contribution in [1.82, 2.24) is 0 Å². The fraction of sp³-hybridized carbons (Fsp3) is 0. The number of rotatable bonds is 2. The van der Waals surface area contributed by atoms with Gasteiger partial charge in [0, 0.05) is 10.8 Å². The molecule has 6 nitrogen and oxygen atoms in total. The Morgan fingerprint density at radius 2 is 1.26 bits per heavy atom. The Bertz CT molecular complexity index is 755. The fourth-order valence-electron chi connectivity index (χ4n) is 1.70. The van der Waals surface area contributed by atoms with Crippen molar-refractivity contribution in [3.8, 4) is 0 Å². The Morgan fingerprint density at radius 3 is 1.68 bits per heavy atom. The molecule has 0 aromatic heterocycles. The van der Waals surface area contributed by atoms with Crippen LogP contribution in [0.4, 0.5) is 0 Å². The van der Waals surface area contributed by atoms with Crippen molar-refractivity contribution < 1.29 is 55.5 Å². The molecule has 19 heavy (non-hydrogen) atoms. The molecule has 0 heterocycles. The van der Waals surface area contributed by atoms with Crippen molar-refractivity contribution in [2.75, 3.05) is 0 Å². The molecule has 0 amide bonds. The van der Waals surface area contributed by atoms with Gasteiger partial charge in [-0.05, 0) is 12.1 Å². The average Bonchev–Trinajstić information content (AvgIpc) is 2.24. The minimum atomic E-state index is -4.72. The van der Waals surface area contributed by atoms with Gasteiger partial charge in [0.1, 0.15) is 15.0 Å². The summed E-state index contributed by atoms with van der Waals surface area (Å²) < 4.78 is 64.4. The topological polar surface area (TPSA) is 112 Å². The zero-order chi connectivity index (χ0) is 13.6. The van der Waals surface area contributed by atoms with E-state index in [0.717, 1.165) is 12.1 Å². The third kappa shape index (κ3) is 3.34. The Labute approximate surface area is 132 Å². The van der Waals surface area contributed by atoms with Gasteiger partial charge in [0.05, 0.1) is 4.90 Å². The van der Waals surface area contributed by atoms with Gasteiger partial charge in [0.2, 0.25) is 0 Å². The third-order valence-corrected chi connectivity index (χ3v) is 4.20. The zero-order valence-corrected chi connectivity index (χ0v) is 13.4. The summed E-state index contributed by atoms with van der Waals surface area (Å²) in [5, 5.41) is -0.0560. The monoisotopic (exact) mass is 310 g/mol. The van der Waals surface area contributed by atoms with Gasteiger partial charge < -0.3 is 4.55 Å². The first-order valence-corrected chi connectivity index (χ1v) is 7.51. The summed E-state index contributed by atoms with van der Waals surface area (Å²) in [6.45, 7) is 0. The van der Waals surface area contributed by atoms with Crippen molar-refractivity contribution in [2.45, 2.75) is 9.79 Å². The van der Waals surface area contributed by atoms with Crippen molar-refractivity contribution >= 4 is 31.0 Å². The van der Waals surface area contributed by atoms with Gasteiger partial charge in [-0.3, -0.25) is 4.55 Å². The first kappa shape index (κ1) is 16.6. The van der Waals surface area contributed by atoms with Gasteiger partial charge in [-0.25, -0.2) is 8.42 Å². The second kappa shape index (κ2) is 5.49. The molecule has 0 bridgehead atoms. The summed E-state index contributed by atoms with van der Waals surface area (Å²) in [5.74, 6) is 0. The normalized spacial score (nSPS) is 12.1. The number of benzene rings is 2. The van der Waals surface area contributed by atoms with Gasteiger partial charge in [0.15, 0.2) is 0 Å². The molecule has 0 aliphatic rings. The molecular weight excluding hydrogens is 303 g/mol. The van der Waals surface area contributed by atoms with E-state index in [4.69, 9.17) is 4.55 Å². The molecule has 0 saturated carbocycles. The van der Waals surface area contributed by atoms with E-state index in [9.17, 15) is 21.4 Å². The molecule has 1 N–H and O–H groups in total. The van der Waals surface area contributed by atoms with Crippen molar-refractivity contribution in [3.63, 3.8) is 0 Å². The fourth-order valence-corrected chi connectivity index (χ4v) is 3.09. The van der Waals surface area contributed by atoms with Gasteiger partial charge in [0.25, 0.3) is 10.1 Å². The molecule has 0 atom stereocenters. The van der Waals surface area contributed by atoms with Crippen LogP contribution in [0.5, 0.6) is 0 Å². The van der Waals surface area contributed by atoms with Crippen LogP contribution < -0.4 is 29.6 Å². The Kier molecular flexibility index (Phi) is 4.79. The summed E-state index contributed by atoms with van der Waals surface area (Å²) in [6.07, 6.45) is 0. The van der Waals surface area contributed by atoms with E-state index in [1.807, 2.05) is 0 Å². The number of hydrogen-bond acceptors (Lipinski definition) is 5. The number of fused-ring (bicyclic) bond motifs is 1. The molecule has 0 aliphatic carbocycles. The molecule has 0 unspecified atom stereocenters. The van der Waals surface area contributed by atoms with Crippen LogP contribution in [0.1, 0.15) is 0 Å². The van der Waals surface area contributed by atoms with Crippen LogP contribution >= 0.6 is 0 Å². The summed E-state index contributed by atoms with van der Waals surface area (Å²) in [6, 6.07) is 7.31. The largest absolute Gasteiger partial charge is 1.00 e. The maximum atomic E-state index is 11.1. The molecule has 0 aliphatic heterocycles. The van der Waals surface area contributed by atoms with Gasteiger partial charge >= 0.3 is 29.6 Å². The molecular formula is C10H7NaO6S2. The average molecular weight is 310 g/mol. The second-order valence-corrected chi connectivity index (χ2v) is 6.27. The number of hydrogen-bond donors (Lipinski definition) is 1. The van der Waals surface area contributed by atoms with E-state index in [-0.39, 0.29) is 40.3 Å². The first-order valence-electron chi connectivity index (χ1n) is 4.66. The van der Waals surface area contributed by atoms with Gasteiger partial charge in [-0.15, -0.1) is 0 Å². The van der Waals surface area contributed by atoms with E-state index in [1.165, 1.54) is 24.3 Å². The summed E-state index contributed by atoms with van der Waals surface area (Å²) >= 11 is 0. The van der Waals surface area contributed by atoms with E-state index >= 15 is 0 Å². The van der Waals surface area contributed by atoms with Gasteiger partial charge in [-0.2, -0.15) is 8.42 Å². The first-order chi connectivity index (χ1) is 8.21. The molecule has 0 fully saturated rings. The molecule has 96 valence electrons. The molecule has 0 spiro atoms. The molecule has 2 aromatic carbocycles. The van der Waals surface area contributed by atoms with Crippen LogP contribution in [-0.4, -0.2) is 25.9 Å². The Balaban J connectivity index is 0.00000180. The Morgan fingerprint density at radius 1 is 0.842 bits per heavy atom. The van der Waals surface area contributed by atoms with Crippen LogP contribution in [-0.2, 0) is 20.2 Å². The predicted molar refractivity (Wildman–Crippen MR) is 61.7 cm³/mol. The smallest absolute Gasteiger partial charge is 0.744 e. The third-order valence-electron chi connectivity index (χ3n) is 2.39. The van der Waals surface area contributed by atoms with Crippen LogP contribution in [0, 0.1) is 0 Å². The summed E-state index contributed by atoms with van der Waals surface area (Å²) in [4.78, 5) is -0.962. The quantitative estimate of drug-likeness (QED) is 0.507. The SMILES string of the molecule is O=S(=O)([O-])c1cccc2c(S(=O)(=O)O)cccc12.[Na+]. The Hall–Kier alpha value is -0.480. The van der Waals surface area contributed by atoms with Crippen molar-refractivity contribution in [1.29, 1.82) is 0 Å². The maximum Gasteiger partial charge on any atom is 1.00 e. The minimum Gasteiger partial charge on any atom is -0.744 e. The van der Waals surface area contributed by atoms with Crippen LogP contribution in [0.25, 0.3) is 10.8 Å². The predicted octanol–water partition coefficient (Wildman–Crippen LogP) is -2.01. The van der Waals surface area contributed by atoms with Crippen LogP contribution in [0.2, 0.25) is 0 Å². The van der Waals surface area contributed by atoms with Gasteiger partial charge in [-0.1, -0.05) is 24.3 Å². The van der Waals surface area contributed by atoms with Crippen molar-refractivity contribution in [3.05, 3.63) is 36.4 Å². The minimum absolute atomic E-state index is 0. The van der Waals surface area contributed by atoms with Crippen LogP contribution in [0.15, 0.2) is 46.2 Å². The van der Waals surface area contributed by atoms with E-state index in [0.29, 0.717) is 0 Å².